The minimum atomic E-state index is -1.08. The number of hydrogen-bond acceptors (Lipinski definition) is 3. The highest BCUT2D eigenvalue weighted by Gasteiger charge is 2.21. The smallest absolute Gasteiger partial charge is 0.326 e. The number of nitriles is 1. The summed E-state index contributed by atoms with van der Waals surface area (Å²) in [7, 11) is 0. The molecule has 106 valence electrons. The van der Waals surface area contributed by atoms with Crippen LogP contribution in [0.15, 0.2) is 24.3 Å². The molecular weight excluding hydrogens is 258 g/mol. The van der Waals surface area contributed by atoms with Crippen LogP contribution in [0.3, 0.4) is 0 Å². The monoisotopic (exact) mass is 275 g/mol. The summed E-state index contributed by atoms with van der Waals surface area (Å²) in [4.78, 5) is 22.8. The Labute approximate surface area is 117 Å². The molecule has 0 aromatic heterocycles. The number of carbonyl (C=O) groups is 2. The van der Waals surface area contributed by atoms with Crippen LogP contribution < -0.4 is 10.6 Å². The topological polar surface area (TPSA) is 102 Å². The second-order valence-electron chi connectivity index (χ2n) is 4.78. The van der Waals surface area contributed by atoms with Gasteiger partial charge in [-0.3, -0.25) is 0 Å². The molecule has 0 bridgehead atoms. The zero-order valence-corrected chi connectivity index (χ0v) is 11.4. The van der Waals surface area contributed by atoms with Gasteiger partial charge in [0, 0.05) is 0 Å². The number of nitrogens with one attached hydrogen (secondary N) is 2. The van der Waals surface area contributed by atoms with Crippen LogP contribution in [0.2, 0.25) is 0 Å². The third-order valence-corrected chi connectivity index (χ3v) is 2.61. The molecule has 1 atom stereocenters. The molecule has 3 N–H and O–H groups in total. The first-order valence-corrected chi connectivity index (χ1v) is 6.23. The summed E-state index contributed by atoms with van der Waals surface area (Å²) in [5.41, 5.74) is 0.666. The first-order valence-electron chi connectivity index (χ1n) is 6.23. The third kappa shape index (κ3) is 4.61. The number of urea groups is 1. The maximum atomic E-state index is 11.8. The fourth-order valence-corrected chi connectivity index (χ4v) is 1.70. The summed E-state index contributed by atoms with van der Waals surface area (Å²) in [5, 5.41) is 22.8. The Bertz CT molecular complexity index is 535. The van der Waals surface area contributed by atoms with Gasteiger partial charge >= 0.3 is 12.0 Å². The van der Waals surface area contributed by atoms with Gasteiger partial charge in [-0.25, -0.2) is 9.59 Å². The number of carboxylic acids is 1. The van der Waals surface area contributed by atoms with Gasteiger partial charge in [0.1, 0.15) is 12.1 Å². The Morgan fingerprint density at radius 2 is 2.00 bits per heavy atom. The van der Waals surface area contributed by atoms with Crippen molar-refractivity contribution < 1.29 is 14.7 Å². The van der Waals surface area contributed by atoms with E-state index in [0.717, 1.165) is 0 Å². The van der Waals surface area contributed by atoms with Gasteiger partial charge in [0.15, 0.2) is 0 Å². The first kappa shape index (κ1) is 15.5. The number of benzene rings is 1. The molecule has 0 unspecified atom stereocenters. The van der Waals surface area contributed by atoms with E-state index in [2.05, 4.69) is 10.6 Å². The van der Waals surface area contributed by atoms with Gasteiger partial charge in [0.25, 0.3) is 0 Å². The van der Waals surface area contributed by atoms with E-state index in [1.165, 1.54) is 0 Å². The number of carboxylic acid groups (broad SMARTS) is 1. The Kier molecular flexibility index (Phi) is 5.54. The minimum absolute atomic E-state index is 0.141. The standard InChI is InChI=1S/C14H17N3O3/c1-9(2)7-12(13(18)19)17-14(20)16-11-6-4-3-5-10(11)8-15/h3-6,9,12H,7H2,1-2H3,(H,18,19)(H2,16,17,20)/t12-/m1/s1. The van der Waals surface area contributed by atoms with E-state index in [1.807, 2.05) is 19.9 Å². The maximum Gasteiger partial charge on any atom is 0.326 e. The van der Waals surface area contributed by atoms with Crippen LogP contribution in [0.25, 0.3) is 0 Å². The molecule has 20 heavy (non-hydrogen) atoms. The molecule has 0 aliphatic heterocycles. The Morgan fingerprint density at radius 1 is 1.35 bits per heavy atom. The first-order chi connectivity index (χ1) is 9.43. The predicted octanol–water partition coefficient (Wildman–Crippen LogP) is 2.18. The molecule has 6 heteroatoms. The van der Waals surface area contributed by atoms with Crippen LogP contribution in [0.4, 0.5) is 10.5 Å². The van der Waals surface area contributed by atoms with Crippen molar-refractivity contribution in [3.8, 4) is 6.07 Å². The van der Waals surface area contributed by atoms with E-state index in [9.17, 15) is 9.59 Å². The van der Waals surface area contributed by atoms with E-state index in [1.54, 1.807) is 24.3 Å². The zero-order valence-electron chi connectivity index (χ0n) is 11.4. The number of carbonyl (C=O) groups excluding carboxylic acids is 1. The number of hydrogen-bond donors (Lipinski definition) is 3. The highest BCUT2D eigenvalue weighted by molar-refractivity contribution is 5.93. The van der Waals surface area contributed by atoms with Crippen LogP contribution >= 0.6 is 0 Å². The van der Waals surface area contributed by atoms with E-state index < -0.39 is 18.0 Å². The molecule has 0 spiro atoms. The third-order valence-electron chi connectivity index (χ3n) is 2.61. The van der Waals surface area contributed by atoms with E-state index >= 15 is 0 Å². The summed E-state index contributed by atoms with van der Waals surface area (Å²) in [6.07, 6.45) is 0.336. The average molecular weight is 275 g/mol. The lowest BCUT2D eigenvalue weighted by molar-refractivity contribution is -0.139. The lowest BCUT2D eigenvalue weighted by atomic mass is 10.0. The van der Waals surface area contributed by atoms with E-state index in [4.69, 9.17) is 10.4 Å². The summed E-state index contributed by atoms with van der Waals surface area (Å²) < 4.78 is 0. The number of amides is 2. The van der Waals surface area contributed by atoms with Crippen molar-refractivity contribution in [2.45, 2.75) is 26.3 Å². The lowest BCUT2D eigenvalue weighted by Crippen LogP contribution is -2.43. The van der Waals surface area contributed by atoms with E-state index in [-0.39, 0.29) is 5.92 Å². The van der Waals surface area contributed by atoms with Crippen molar-refractivity contribution in [1.82, 2.24) is 5.32 Å². The average Bonchev–Trinajstić information content (AvgIpc) is 2.37. The number of aliphatic carboxylic acids is 1. The van der Waals surface area contributed by atoms with Crippen molar-refractivity contribution in [2.75, 3.05) is 5.32 Å². The van der Waals surface area contributed by atoms with Gasteiger partial charge in [-0.15, -0.1) is 0 Å². The van der Waals surface area contributed by atoms with Gasteiger partial charge in [-0.2, -0.15) is 5.26 Å². The summed E-state index contributed by atoms with van der Waals surface area (Å²) >= 11 is 0. The molecule has 0 saturated heterocycles. The molecule has 0 fully saturated rings. The summed E-state index contributed by atoms with van der Waals surface area (Å²) in [6, 6.07) is 6.87. The van der Waals surface area contributed by atoms with Crippen molar-refractivity contribution in [3.63, 3.8) is 0 Å². The Balaban J connectivity index is 2.71. The van der Waals surface area contributed by atoms with Gasteiger partial charge < -0.3 is 15.7 Å². The van der Waals surface area contributed by atoms with Crippen LogP contribution in [0.1, 0.15) is 25.8 Å². The summed E-state index contributed by atoms with van der Waals surface area (Å²) in [6.45, 7) is 3.75. The quantitative estimate of drug-likeness (QED) is 0.766. The SMILES string of the molecule is CC(C)C[C@@H](NC(=O)Nc1ccccc1C#N)C(=O)O. The number of anilines is 1. The normalized spacial score (nSPS) is 11.5. The fourth-order valence-electron chi connectivity index (χ4n) is 1.70. The van der Waals surface area contributed by atoms with Crippen LogP contribution in [0, 0.1) is 17.2 Å². The maximum absolute atomic E-state index is 11.8. The van der Waals surface area contributed by atoms with Crippen LogP contribution in [-0.4, -0.2) is 23.1 Å². The Hall–Kier alpha value is -2.55. The van der Waals surface area contributed by atoms with Crippen LogP contribution in [0.5, 0.6) is 0 Å². The zero-order chi connectivity index (χ0) is 15.1. The van der Waals surface area contributed by atoms with Crippen molar-refractivity contribution >= 4 is 17.7 Å². The van der Waals surface area contributed by atoms with Crippen LogP contribution in [-0.2, 0) is 4.79 Å². The molecule has 0 heterocycles. The molecule has 0 saturated carbocycles. The Morgan fingerprint density at radius 3 is 2.55 bits per heavy atom. The molecule has 1 aromatic carbocycles. The van der Waals surface area contributed by atoms with Crippen molar-refractivity contribution in [2.24, 2.45) is 5.92 Å². The van der Waals surface area contributed by atoms with Gasteiger partial charge in [0.05, 0.1) is 11.3 Å². The predicted molar refractivity (Wildman–Crippen MR) is 74.2 cm³/mol. The molecule has 6 nitrogen and oxygen atoms in total. The highest BCUT2D eigenvalue weighted by Crippen LogP contribution is 2.13. The second-order valence-corrected chi connectivity index (χ2v) is 4.78. The molecular formula is C14H17N3O3. The van der Waals surface area contributed by atoms with Gasteiger partial charge in [-0.1, -0.05) is 26.0 Å². The minimum Gasteiger partial charge on any atom is -0.480 e. The van der Waals surface area contributed by atoms with Crippen molar-refractivity contribution in [3.05, 3.63) is 29.8 Å². The largest absolute Gasteiger partial charge is 0.480 e. The fraction of sp³-hybridized carbons (Fsp3) is 0.357. The highest BCUT2D eigenvalue weighted by atomic mass is 16.4. The molecule has 0 aliphatic rings. The number of rotatable bonds is 5. The lowest BCUT2D eigenvalue weighted by Gasteiger charge is -2.17. The van der Waals surface area contributed by atoms with Gasteiger partial charge in [0.2, 0.25) is 0 Å². The molecule has 2 amide bonds. The number of para-hydroxylation sites is 1. The molecule has 1 rings (SSSR count). The molecule has 0 radical (unpaired) electrons. The number of nitrogens with zero attached hydrogens (tertiary/aromatic N) is 1. The van der Waals surface area contributed by atoms with E-state index in [0.29, 0.717) is 17.7 Å². The summed E-state index contributed by atoms with van der Waals surface area (Å²) in [5.74, 6) is -0.940. The molecule has 0 aliphatic carbocycles. The van der Waals surface area contributed by atoms with Gasteiger partial charge in [-0.05, 0) is 24.5 Å². The van der Waals surface area contributed by atoms with Crippen molar-refractivity contribution in [1.29, 1.82) is 5.26 Å². The molecule has 1 aromatic rings. The second kappa shape index (κ2) is 7.14.